The van der Waals surface area contributed by atoms with Gasteiger partial charge in [0.05, 0.1) is 21.3 Å². The molecule has 0 aliphatic carbocycles. The van der Waals surface area contributed by atoms with Crippen LogP contribution in [0.3, 0.4) is 0 Å². The smallest absolute Gasteiger partial charge is 0.250 e. The number of methoxy groups -OCH3 is 3. The van der Waals surface area contributed by atoms with Crippen LogP contribution in [0.25, 0.3) is 12.2 Å². The first kappa shape index (κ1) is 17.8. The zero-order chi connectivity index (χ0) is 17.5. The van der Waals surface area contributed by atoms with Crippen LogP contribution in [0.4, 0.5) is 0 Å². The Labute approximate surface area is 141 Å². The van der Waals surface area contributed by atoms with Crippen LogP contribution in [0.5, 0.6) is 17.2 Å². The lowest BCUT2D eigenvalue weighted by Gasteiger charge is -2.12. The largest absolute Gasteiger partial charge is 0.493 e. The molecule has 0 saturated heterocycles. The number of aromatic nitrogens is 2. The van der Waals surface area contributed by atoms with Gasteiger partial charge in [0.15, 0.2) is 17.3 Å². The molecule has 0 radical (unpaired) electrons. The fourth-order valence-corrected chi connectivity index (χ4v) is 2.16. The van der Waals surface area contributed by atoms with Crippen molar-refractivity contribution in [2.24, 2.45) is 0 Å². The molecule has 1 atom stereocenters. The highest BCUT2D eigenvalue weighted by Gasteiger charge is 2.12. The van der Waals surface area contributed by atoms with Crippen LogP contribution in [0.2, 0.25) is 0 Å². The van der Waals surface area contributed by atoms with Gasteiger partial charge in [-0.1, -0.05) is 5.16 Å². The highest BCUT2D eigenvalue weighted by Crippen LogP contribution is 2.38. The Morgan fingerprint density at radius 3 is 2.33 bits per heavy atom. The fourth-order valence-electron chi connectivity index (χ4n) is 2.16. The summed E-state index contributed by atoms with van der Waals surface area (Å²) in [6, 6.07) is 3.98. The lowest BCUT2D eigenvalue weighted by molar-refractivity contribution is 0.324. The monoisotopic (exact) mass is 333 g/mol. The maximum atomic E-state index is 5.33. The van der Waals surface area contributed by atoms with Gasteiger partial charge in [-0.05, 0) is 37.7 Å². The number of hydrogen-bond donors (Lipinski definition) is 1. The van der Waals surface area contributed by atoms with E-state index in [1.807, 2.05) is 25.3 Å². The predicted octanol–water partition coefficient (Wildman–Crippen LogP) is 2.42. The standard InChI is InChI=1S/C17H23N3O4/c1-11(18-2)8-15-19-16(24-20-15)7-6-12-9-13(21-3)17(23-5)14(10-12)22-4/h6-7,9-11,18H,8H2,1-5H3/b7-6+. The van der Waals surface area contributed by atoms with Crippen molar-refractivity contribution < 1.29 is 18.7 Å². The topological polar surface area (TPSA) is 78.6 Å². The Morgan fingerprint density at radius 2 is 1.79 bits per heavy atom. The lowest BCUT2D eigenvalue weighted by atomic mass is 10.1. The van der Waals surface area contributed by atoms with Gasteiger partial charge in [-0.25, -0.2) is 0 Å². The fraction of sp³-hybridized carbons (Fsp3) is 0.412. The quantitative estimate of drug-likeness (QED) is 0.794. The summed E-state index contributed by atoms with van der Waals surface area (Å²) in [7, 11) is 6.63. The molecule has 7 nitrogen and oxygen atoms in total. The van der Waals surface area contributed by atoms with Gasteiger partial charge in [0.1, 0.15) is 0 Å². The van der Waals surface area contributed by atoms with Gasteiger partial charge in [0, 0.05) is 18.5 Å². The van der Waals surface area contributed by atoms with E-state index in [-0.39, 0.29) is 6.04 Å². The zero-order valence-corrected chi connectivity index (χ0v) is 14.6. The lowest BCUT2D eigenvalue weighted by Crippen LogP contribution is -2.24. The third-order valence-electron chi connectivity index (χ3n) is 3.57. The average Bonchev–Trinajstić information content (AvgIpc) is 3.05. The third-order valence-corrected chi connectivity index (χ3v) is 3.57. The van der Waals surface area contributed by atoms with Crippen LogP contribution >= 0.6 is 0 Å². The minimum Gasteiger partial charge on any atom is -0.493 e. The molecule has 2 aromatic rings. The molecular weight excluding hydrogens is 310 g/mol. The molecule has 1 aromatic carbocycles. The van der Waals surface area contributed by atoms with E-state index >= 15 is 0 Å². The molecule has 1 unspecified atom stereocenters. The van der Waals surface area contributed by atoms with Gasteiger partial charge in [0.25, 0.3) is 5.89 Å². The van der Waals surface area contributed by atoms with Crippen molar-refractivity contribution in [2.45, 2.75) is 19.4 Å². The number of ether oxygens (including phenoxy) is 3. The summed E-state index contributed by atoms with van der Waals surface area (Å²) in [4.78, 5) is 4.34. The molecule has 130 valence electrons. The van der Waals surface area contributed by atoms with Gasteiger partial charge in [-0.2, -0.15) is 4.98 Å². The van der Waals surface area contributed by atoms with Gasteiger partial charge >= 0.3 is 0 Å². The summed E-state index contributed by atoms with van der Waals surface area (Å²) in [5.41, 5.74) is 0.868. The van der Waals surface area contributed by atoms with Crippen molar-refractivity contribution in [1.82, 2.24) is 15.5 Å². The number of hydrogen-bond acceptors (Lipinski definition) is 7. The maximum absolute atomic E-state index is 5.33. The van der Waals surface area contributed by atoms with Gasteiger partial charge in [0.2, 0.25) is 5.75 Å². The third kappa shape index (κ3) is 4.26. The Bertz CT molecular complexity index is 672. The normalized spacial score (nSPS) is 12.4. The van der Waals surface area contributed by atoms with Crippen molar-refractivity contribution >= 4 is 12.2 Å². The van der Waals surface area contributed by atoms with E-state index in [2.05, 4.69) is 22.4 Å². The van der Waals surface area contributed by atoms with Crippen molar-refractivity contribution in [3.63, 3.8) is 0 Å². The van der Waals surface area contributed by atoms with E-state index in [0.717, 1.165) is 5.56 Å². The second-order valence-corrected chi connectivity index (χ2v) is 5.23. The maximum Gasteiger partial charge on any atom is 0.250 e. The SMILES string of the molecule is CNC(C)Cc1noc(/C=C/c2cc(OC)c(OC)c(OC)c2)n1. The van der Waals surface area contributed by atoms with E-state index in [4.69, 9.17) is 18.7 Å². The molecule has 0 spiro atoms. The number of nitrogens with zero attached hydrogens (tertiary/aromatic N) is 2. The molecule has 24 heavy (non-hydrogen) atoms. The van der Waals surface area contributed by atoms with Crippen molar-refractivity contribution in [3.8, 4) is 17.2 Å². The summed E-state index contributed by atoms with van der Waals surface area (Å²) in [5.74, 6) is 2.85. The summed E-state index contributed by atoms with van der Waals surface area (Å²) < 4.78 is 21.2. The van der Waals surface area contributed by atoms with E-state index in [1.54, 1.807) is 27.4 Å². The van der Waals surface area contributed by atoms with Crippen molar-refractivity contribution in [2.75, 3.05) is 28.4 Å². The minimum absolute atomic E-state index is 0.287. The second-order valence-electron chi connectivity index (χ2n) is 5.23. The van der Waals surface area contributed by atoms with Crippen LogP contribution in [0.15, 0.2) is 16.7 Å². The average molecular weight is 333 g/mol. The van der Waals surface area contributed by atoms with Gasteiger partial charge < -0.3 is 24.1 Å². The molecular formula is C17H23N3O4. The number of likely N-dealkylation sites (N-methyl/N-ethyl adjacent to an activating group) is 1. The van der Waals surface area contributed by atoms with Crippen LogP contribution in [0, 0.1) is 0 Å². The molecule has 0 aliphatic rings. The van der Waals surface area contributed by atoms with E-state index in [1.165, 1.54) is 0 Å². The van der Waals surface area contributed by atoms with E-state index in [0.29, 0.717) is 35.4 Å². The summed E-state index contributed by atoms with van der Waals surface area (Å²) in [6.45, 7) is 2.06. The first-order valence-corrected chi connectivity index (χ1v) is 7.59. The van der Waals surface area contributed by atoms with Crippen LogP contribution in [-0.2, 0) is 6.42 Å². The number of nitrogens with one attached hydrogen (secondary N) is 1. The Kier molecular flexibility index (Phi) is 6.20. The van der Waals surface area contributed by atoms with Gasteiger partial charge in [-0.15, -0.1) is 0 Å². The predicted molar refractivity (Wildman–Crippen MR) is 91.5 cm³/mol. The van der Waals surface area contributed by atoms with Gasteiger partial charge in [-0.3, -0.25) is 0 Å². The molecule has 0 fully saturated rings. The van der Waals surface area contributed by atoms with Crippen LogP contribution in [0.1, 0.15) is 24.2 Å². The highest BCUT2D eigenvalue weighted by atomic mass is 16.5. The summed E-state index contributed by atoms with van der Waals surface area (Å²) in [6.07, 6.45) is 4.31. The molecule has 0 bridgehead atoms. The van der Waals surface area contributed by atoms with Crippen LogP contribution < -0.4 is 19.5 Å². The molecule has 0 aliphatic heterocycles. The van der Waals surface area contributed by atoms with E-state index in [9.17, 15) is 0 Å². The Morgan fingerprint density at radius 1 is 1.12 bits per heavy atom. The molecule has 1 N–H and O–H groups in total. The number of benzene rings is 1. The molecule has 1 heterocycles. The van der Waals surface area contributed by atoms with E-state index < -0.39 is 0 Å². The second kappa shape index (κ2) is 8.35. The first-order chi connectivity index (χ1) is 11.6. The summed E-state index contributed by atoms with van der Waals surface area (Å²) in [5, 5.41) is 7.10. The van der Waals surface area contributed by atoms with Crippen LogP contribution in [-0.4, -0.2) is 44.6 Å². The van der Waals surface area contributed by atoms with Crippen molar-refractivity contribution in [1.29, 1.82) is 0 Å². The summed E-state index contributed by atoms with van der Waals surface area (Å²) >= 11 is 0. The molecule has 2 rings (SSSR count). The molecule has 0 amide bonds. The highest BCUT2D eigenvalue weighted by molar-refractivity contribution is 5.70. The minimum atomic E-state index is 0.287. The molecule has 1 aromatic heterocycles. The zero-order valence-electron chi connectivity index (χ0n) is 14.6. The first-order valence-electron chi connectivity index (χ1n) is 7.59. The molecule has 0 saturated carbocycles. The Hall–Kier alpha value is -2.54. The molecule has 7 heteroatoms. The number of rotatable bonds is 8. The van der Waals surface area contributed by atoms with Crippen molar-refractivity contribution in [3.05, 3.63) is 29.4 Å². The Balaban J connectivity index is 2.19.